The SMILES string of the molecule is C[C@@H](CNC(=O)c1ccc(F)cc1)N1CCc2ccccc2C1. The first-order chi connectivity index (χ1) is 11.1. The standard InChI is InChI=1S/C19H21FN2O/c1-14(12-21-19(23)16-6-8-18(20)9-7-16)22-11-10-15-4-2-3-5-17(15)13-22/h2-9,14H,10-13H2,1H3,(H,21,23)/t14-/m0/s1. The highest BCUT2D eigenvalue weighted by atomic mass is 19.1. The Balaban J connectivity index is 1.55. The number of nitrogens with zero attached hydrogens (tertiary/aromatic N) is 1. The van der Waals surface area contributed by atoms with Gasteiger partial charge in [0.05, 0.1) is 0 Å². The third-order valence-corrected chi connectivity index (χ3v) is 4.45. The molecule has 120 valence electrons. The highest BCUT2D eigenvalue weighted by molar-refractivity contribution is 5.94. The van der Waals surface area contributed by atoms with Crippen molar-refractivity contribution in [3.8, 4) is 0 Å². The van der Waals surface area contributed by atoms with Gasteiger partial charge in [0.1, 0.15) is 5.82 Å². The zero-order chi connectivity index (χ0) is 16.2. The van der Waals surface area contributed by atoms with Crippen LogP contribution in [0.1, 0.15) is 28.4 Å². The summed E-state index contributed by atoms with van der Waals surface area (Å²) in [6, 6.07) is 14.4. The van der Waals surface area contributed by atoms with Gasteiger partial charge in [-0.2, -0.15) is 0 Å². The van der Waals surface area contributed by atoms with Gasteiger partial charge < -0.3 is 5.32 Å². The molecule has 0 aliphatic carbocycles. The molecule has 0 saturated carbocycles. The Hall–Kier alpha value is -2.20. The largest absolute Gasteiger partial charge is 0.350 e. The topological polar surface area (TPSA) is 32.3 Å². The van der Waals surface area contributed by atoms with Crippen LogP contribution in [-0.2, 0) is 13.0 Å². The number of benzene rings is 2. The van der Waals surface area contributed by atoms with Crippen LogP contribution in [0.3, 0.4) is 0 Å². The van der Waals surface area contributed by atoms with Crippen LogP contribution in [0.2, 0.25) is 0 Å². The summed E-state index contributed by atoms with van der Waals surface area (Å²) in [5.74, 6) is -0.490. The maximum Gasteiger partial charge on any atom is 0.251 e. The fourth-order valence-corrected chi connectivity index (χ4v) is 2.97. The van der Waals surface area contributed by atoms with Crippen molar-refractivity contribution < 1.29 is 9.18 Å². The summed E-state index contributed by atoms with van der Waals surface area (Å²) in [5, 5.41) is 2.94. The van der Waals surface area contributed by atoms with E-state index in [1.807, 2.05) is 0 Å². The van der Waals surface area contributed by atoms with Crippen molar-refractivity contribution in [2.24, 2.45) is 0 Å². The minimum atomic E-state index is -0.332. The Bertz CT molecular complexity index is 684. The molecular formula is C19H21FN2O. The molecule has 0 saturated heterocycles. The van der Waals surface area contributed by atoms with Crippen LogP contribution in [0, 0.1) is 5.82 Å². The van der Waals surface area contributed by atoms with Crippen molar-refractivity contribution in [1.29, 1.82) is 0 Å². The summed E-state index contributed by atoms with van der Waals surface area (Å²) in [7, 11) is 0. The Morgan fingerprint density at radius 1 is 1.17 bits per heavy atom. The zero-order valence-electron chi connectivity index (χ0n) is 13.3. The minimum absolute atomic E-state index is 0.158. The second kappa shape index (κ2) is 6.92. The number of fused-ring (bicyclic) bond motifs is 1. The number of amides is 1. The summed E-state index contributed by atoms with van der Waals surface area (Å²) in [6.07, 6.45) is 1.05. The van der Waals surface area contributed by atoms with Crippen LogP contribution in [0.25, 0.3) is 0 Å². The van der Waals surface area contributed by atoms with E-state index in [0.717, 1.165) is 19.5 Å². The number of carbonyl (C=O) groups is 1. The van der Waals surface area contributed by atoms with E-state index in [2.05, 4.69) is 41.4 Å². The summed E-state index contributed by atoms with van der Waals surface area (Å²) in [4.78, 5) is 14.5. The molecule has 0 unspecified atom stereocenters. The average molecular weight is 312 g/mol. The fraction of sp³-hybridized carbons (Fsp3) is 0.316. The van der Waals surface area contributed by atoms with Crippen LogP contribution in [0.5, 0.6) is 0 Å². The Kier molecular flexibility index (Phi) is 4.72. The molecule has 3 nitrogen and oxygen atoms in total. The van der Waals surface area contributed by atoms with E-state index >= 15 is 0 Å². The first kappa shape index (κ1) is 15.7. The number of hydrogen-bond acceptors (Lipinski definition) is 2. The van der Waals surface area contributed by atoms with Crippen LogP contribution in [-0.4, -0.2) is 29.9 Å². The summed E-state index contributed by atoms with van der Waals surface area (Å²) >= 11 is 0. The van der Waals surface area contributed by atoms with E-state index in [4.69, 9.17) is 0 Å². The molecule has 2 aromatic carbocycles. The number of halogens is 1. The predicted octanol–water partition coefficient (Wildman–Crippen LogP) is 3.00. The minimum Gasteiger partial charge on any atom is -0.350 e. The smallest absolute Gasteiger partial charge is 0.251 e. The van der Waals surface area contributed by atoms with Gasteiger partial charge in [-0.15, -0.1) is 0 Å². The van der Waals surface area contributed by atoms with E-state index in [0.29, 0.717) is 12.1 Å². The maximum atomic E-state index is 12.9. The second-order valence-corrected chi connectivity index (χ2v) is 6.06. The lowest BCUT2D eigenvalue weighted by atomic mass is 9.99. The molecule has 1 heterocycles. The van der Waals surface area contributed by atoms with Gasteiger partial charge in [0.2, 0.25) is 0 Å². The fourth-order valence-electron chi connectivity index (χ4n) is 2.97. The van der Waals surface area contributed by atoms with Gasteiger partial charge in [-0.25, -0.2) is 4.39 Å². The van der Waals surface area contributed by atoms with E-state index < -0.39 is 0 Å². The normalized spacial score (nSPS) is 15.7. The van der Waals surface area contributed by atoms with Crippen LogP contribution < -0.4 is 5.32 Å². The lowest BCUT2D eigenvalue weighted by molar-refractivity contribution is 0.0932. The van der Waals surface area contributed by atoms with Gasteiger partial charge in [-0.1, -0.05) is 24.3 Å². The third kappa shape index (κ3) is 3.77. The molecule has 0 fully saturated rings. The van der Waals surface area contributed by atoms with Crippen molar-refractivity contribution in [2.75, 3.05) is 13.1 Å². The molecule has 1 aliphatic heterocycles. The zero-order valence-corrected chi connectivity index (χ0v) is 13.3. The number of rotatable bonds is 4. The van der Waals surface area contributed by atoms with Crippen LogP contribution >= 0.6 is 0 Å². The monoisotopic (exact) mass is 312 g/mol. The van der Waals surface area contributed by atoms with Gasteiger partial charge in [0, 0.05) is 31.2 Å². The molecule has 1 amide bonds. The molecule has 23 heavy (non-hydrogen) atoms. The molecule has 1 atom stereocenters. The van der Waals surface area contributed by atoms with Crippen molar-refractivity contribution >= 4 is 5.91 Å². The molecule has 2 aromatic rings. The molecule has 0 aromatic heterocycles. The molecule has 3 rings (SSSR count). The van der Waals surface area contributed by atoms with E-state index in [1.165, 1.54) is 35.4 Å². The first-order valence-corrected chi connectivity index (χ1v) is 7.98. The number of nitrogens with one attached hydrogen (secondary N) is 1. The summed E-state index contributed by atoms with van der Waals surface area (Å²) in [5.41, 5.74) is 3.28. The third-order valence-electron chi connectivity index (χ3n) is 4.45. The Morgan fingerprint density at radius 2 is 1.87 bits per heavy atom. The first-order valence-electron chi connectivity index (χ1n) is 7.98. The highest BCUT2D eigenvalue weighted by Gasteiger charge is 2.20. The highest BCUT2D eigenvalue weighted by Crippen LogP contribution is 2.20. The molecule has 4 heteroatoms. The second-order valence-electron chi connectivity index (χ2n) is 6.06. The van der Waals surface area contributed by atoms with Crippen LogP contribution in [0.4, 0.5) is 4.39 Å². The molecule has 0 bridgehead atoms. The molecular weight excluding hydrogens is 291 g/mol. The molecule has 0 spiro atoms. The average Bonchev–Trinajstić information content (AvgIpc) is 2.59. The predicted molar refractivity (Wildman–Crippen MR) is 88.8 cm³/mol. The lowest BCUT2D eigenvalue weighted by Crippen LogP contribution is -2.44. The van der Waals surface area contributed by atoms with Gasteiger partial charge in [-0.05, 0) is 48.7 Å². The van der Waals surface area contributed by atoms with E-state index in [9.17, 15) is 9.18 Å². The van der Waals surface area contributed by atoms with Crippen LogP contribution in [0.15, 0.2) is 48.5 Å². The van der Waals surface area contributed by atoms with E-state index in [-0.39, 0.29) is 17.8 Å². The van der Waals surface area contributed by atoms with Crippen molar-refractivity contribution in [3.05, 3.63) is 71.0 Å². The van der Waals surface area contributed by atoms with Gasteiger partial charge in [0.25, 0.3) is 5.91 Å². The Labute approximate surface area is 136 Å². The number of hydrogen-bond donors (Lipinski definition) is 1. The van der Waals surface area contributed by atoms with Crippen molar-refractivity contribution in [2.45, 2.75) is 25.9 Å². The van der Waals surface area contributed by atoms with E-state index in [1.54, 1.807) is 0 Å². The lowest BCUT2D eigenvalue weighted by Gasteiger charge is -2.33. The molecule has 1 N–H and O–H groups in total. The van der Waals surface area contributed by atoms with Crippen molar-refractivity contribution in [3.63, 3.8) is 0 Å². The maximum absolute atomic E-state index is 12.9. The Morgan fingerprint density at radius 3 is 2.61 bits per heavy atom. The number of carbonyl (C=O) groups excluding carboxylic acids is 1. The van der Waals surface area contributed by atoms with Gasteiger partial charge in [-0.3, -0.25) is 9.69 Å². The summed E-state index contributed by atoms with van der Waals surface area (Å²) in [6.45, 7) is 4.63. The quantitative estimate of drug-likeness (QED) is 0.941. The van der Waals surface area contributed by atoms with Gasteiger partial charge in [0.15, 0.2) is 0 Å². The van der Waals surface area contributed by atoms with Crippen molar-refractivity contribution in [1.82, 2.24) is 10.2 Å². The van der Waals surface area contributed by atoms with Gasteiger partial charge >= 0.3 is 0 Å². The molecule has 0 radical (unpaired) electrons. The molecule has 1 aliphatic rings. The summed E-state index contributed by atoms with van der Waals surface area (Å²) < 4.78 is 12.9.